The molecular formula is C29H22N4O5S. The van der Waals surface area contributed by atoms with Crippen LogP contribution in [-0.2, 0) is 20.9 Å². The van der Waals surface area contributed by atoms with Crippen LogP contribution in [0.5, 0.6) is 0 Å². The normalized spacial score (nSPS) is 14.5. The predicted molar refractivity (Wildman–Crippen MR) is 151 cm³/mol. The number of carboxylic acid groups (broad SMARTS) is 1. The van der Waals surface area contributed by atoms with Crippen LogP contribution in [0, 0.1) is 6.92 Å². The average Bonchev–Trinajstić information content (AvgIpc) is 3.25. The summed E-state index contributed by atoms with van der Waals surface area (Å²) >= 11 is 5.24. The number of rotatable bonds is 6. The highest BCUT2D eigenvalue weighted by molar-refractivity contribution is 7.80. The molecule has 0 spiro atoms. The number of fused-ring (bicyclic) bond motifs is 1. The van der Waals surface area contributed by atoms with Gasteiger partial charge in [0.15, 0.2) is 5.11 Å². The largest absolute Gasteiger partial charge is 0.478 e. The number of hydrogen-bond donors (Lipinski definition) is 3. The summed E-state index contributed by atoms with van der Waals surface area (Å²) in [6.45, 7) is 1.98. The Morgan fingerprint density at radius 1 is 1.00 bits per heavy atom. The van der Waals surface area contributed by atoms with Gasteiger partial charge in [-0.3, -0.25) is 24.6 Å². The Hall–Kier alpha value is -5.09. The first kappa shape index (κ1) is 25.6. The van der Waals surface area contributed by atoms with Gasteiger partial charge in [0.05, 0.1) is 11.3 Å². The molecule has 0 unspecified atom stereocenters. The zero-order valence-corrected chi connectivity index (χ0v) is 21.5. The highest BCUT2D eigenvalue weighted by Crippen LogP contribution is 2.27. The molecule has 0 radical (unpaired) electrons. The van der Waals surface area contributed by atoms with Crippen molar-refractivity contribution in [3.05, 3.63) is 101 Å². The fourth-order valence-electron chi connectivity index (χ4n) is 4.31. The molecule has 3 aromatic carbocycles. The quantitative estimate of drug-likeness (QED) is 0.193. The number of hydrogen-bond acceptors (Lipinski definition) is 5. The summed E-state index contributed by atoms with van der Waals surface area (Å²) in [4.78, 5) is 51.4. The molecule has 1 fully saturated rings. The molecule has 1 aliphatic rings. The standard InChI is InChI=1S/C29H22N4O5S/c1-17-6-10-20(11-7-17)30-25(34)16-32-15-19(22-4-2-3-5-24(22)32)14-23-26(35)31-29(39)33(27(23)36)21-12-8-18(9-13-21)28(37)38/h2-15H,16H2,1H3,(H,30,34)(H,37,38)(H,31,35,39)/b23-14+. The second-order valence-corrected chi connectivity index (χ2v) is 9.34. The number of aromatic carboxylic acids is 1. The SMILES string of the molecule is Cc1ccc(NC(=O)Cn2cc(/C=C3\C(=O)NC(=S)N(c4ccc(C(=O)O)cc4)C3=O)c3ccccc32)cc1. The van der Waals surface area contributed by atoms with Crippen molar-refractivity contribution < 1.29 is 24.3 Å². The molecule has 10 heteroatoms. The lowest BCUT2D eigenvalue weighted by Gasteiger charge is -2.28. The maximum atomic E-state index is 13.4. The first-order chi connectivity index (χ1) is 18.7. The van der Waals surface area contributed by atoms with Gasteiger partial charge in [-0.15, -0.1) is 0 Å². The minimum absolute atomic E-state index is 0.0177. The fraction of sp³-hybridized carbons (Fsp3) is 0.0690. The van der Waals surface area contributed by atoms with Gasteiger partial charge in [-0.05, 0) is 67.7 Å². The molecule has 1 aromatic heterocycles. The highest BCUT2D eigenvalue weighted by Gasteiger charge is 2.34. The molecule has 0 saturated carbocycles. The Morgan fingerprint density at radius 3 is 2.38 bits per heavy atom. The minimum Gasteiger partial charge on any atom is -0.478 e. The third-order valence-corrected chi connectivity index (χ3v) is 6.53. The van der Waals surface area contributed by atoms with E-state index in [0.717, 1.165) is 21.4 Å². The zero-order chi connectivity index (χ0) is 27.7. The summed E-state index contributed by atoms with van der Waals surface area (Å²) in [5.41, 5.74) is 3.30. The zero-order valence-electron chi connectivity index (χ0n) is 20.7. The van der Waals surface area contributed by atoms with Gasteiger partial charge >= 0.3 is 5.97 Å². The van der Waals surface area contributed by atoms with Crippen LogP contribution in [0.15, 0.2) is 84.6 Å². The molecule has 2 heterocycles. The summed E-state index contributed by atoms with van der Waals surface area (Å²) in [5, 5.41) is 15.2. The Kier molecular flexibility index (Phi) is 6.78. The van der Waals surface area contributed by atoms with Crippen molar-refractivity contribution in [3.8, 4) is 0 Å². The topological polar surface area (TPSA) is 121 Å². The van der Waals surface area contributed by atoms with E-state index in [2.05, 4.69) is 10.6 Å². The number of anilines is 2. The van der Waals surface area contributed by atoms with E-state index in [1.54, 1.807) is 10.8 Å². The van der Waals surface area contributed by atoms with E-state index in [1.807, 2.05) is 55.5 Å². The van der Waals surface area contributed by atoms with E-state index in [-0.39, 0.29) is 28.7 Å². The molecule has 39 heavy (non-hydrogen) atoms. The molecule has 3 N–H and O–H groups in total. The van der Waals surface area contributed by atoms with Crippen LogP contribution in [0.2, 0.25) is 0 Å². The van der Waals surface area contributed by atoms with Gasteiger partial charge in [0.1, 0.15) is 12.1 Å². The molecule has 4 aromatic rings. The van der Waals surface area contributed by atoms with Gasteiger partial charge in [0.25, 0.3) is 11.8 Å². The molecule has 9 nitrogen and oxygen atoms in total. The van der Waals surface area contributed by atoms with E-state index >= 15 is 0 Å². The number of aryl methyl sites for hydroxylation is 1. The molecule has 1 saturated heterocycles. The minimum atomic E-state index is -1.10. The predicted octanol–water partition coefficient (Wildman–Crippen LogP) is 4.12. The third kappa shape index (κ3) is 5.18. The number of aromatic nitrogens is 1. The van der Waals surface area contributed by atoms with Crippen molar-refractivity contribution in [2.45, 2.75) is 13.5 Å². The van der Waals surface area contributed by atoms with Crippen LogP contribution in [0.1, 0.15) is 21.5 Å². The van der Waals surface area contributed by atoms with Crippen LogP contribution < -0.4 is 15.5 Å². The number of carbonyl (C=O) groups is 4. The van der Waals surface area contributed by atoms with Crippen molar-refractivity contribution >= 4 is 69.4 Å². The summed E-state index contributed by atoms with van der Waals surface area (Å²) in [6.07, 6.45) is 3.18. The summed E-state index contributed by atoms with van der Waals surface area (Å²) in [6, 6.07) is 20.4. The van der Waals surface area contributed by atoms with Gasteiger partial charge in [-0.2, -0.15) is 0 Å². The van der Waals surface area contributed by atoms with Gasteiger partial charge in [0, 0.05) is 28.4 Å². The van der Waals surface area contributed by atoms with Gasteiger partial charge in [-0.25, -0.2) is 4.79 Å². The van der Waals surface area contributed by atoms with Crippen LogP contribution >= 0.6 is 12.2 Å². The molecule has 0 atom stereocenters. The lowest BCUT2D eigenvalue weighted by molar-refractivity contribution is -0.122. The van der Waals surface area contributed by atoms with Crippen LogP contribution in [-0.4, -0.2) is 38.5 Å². The monoisotopic (exact) mass is 538 g/mol. The van der Waals surface area contributed by atoms with Crippen LogP contribution in [0.4, 0.5) is 11.4 Å². The summed E-state index contributed by atoms with van der Waals surface area (Å²) in [7, 11) is 0. The van der Waals surface area contributed by atoms with Crippen molar-refractivity contribution in [2.24, 2.45) is 0 Å². The highest BCUT2D eigenvalue weighted by atomic mass is 32.1. The first-order valence-corrected chi connectivity index (χ1v) is 12.3. The van der Waals surface area contributed by atoms with E-state index < -0.39 is 17.8 Å². The molecule has 0 aliphatic carbocycles. The van der Waals surface area contributed by atoms with Gasteiger partial charge in [-0.1, -0.05) is 35.9 Å². The number of benzene rings is 3. The maximum Gasteiger partial charge on any atom is 0.335 e. The number of thiocarbonyl (C=S) groups is 1. The number of para-hydroxylation sites is 1. The summed E-state index contributed by atoms with van der Waals surface area (Å²) in [5.74, 6) is -2.64. The van der Waals surface area contributed by atoms with E-state index in [4.69, 9.17) is 17.3 Å². The second-order valence-electron chi connectivity index (χ2n) is 8.95. The van der Waals surface area contributed by atoms with Crippen LogP contribution in [0.3, 0.4) is 0 Å². The van der Waals surface area contributed by atoms with Crippen LogP contribution in [0.25, 0.3) is 17.0 Å². The Bertz CT molecular complexity index is 1690. The molecule has 194 valence electrons. The molecule has 5 rings (SSSR count). The maximum absolute atomic E-state index is 13.4. The van der Waals surface area contributed by atoms with Crippen molar-refractivity contribution in [1.82, 2.24) is 9.88 Å². The molecule has 0 bridgehead atoms. The number of amides is 3. The Labute approximate surface area is 228 Å². The van der Waals surface area contributed by atoms with Crippen molar-refractivity contribution in [1.29, 1.82) is 0 Å². The lowest BCUT2D eigenvalue weighted by atomic mass is 10.1. The lowest BCUT2D eigenvalue weighted by Crippen LogP contribution is -2.54. The van der Waals surface area contributed by atoms with Crippen molar-refractivity contribution in [3.63, 3.8) is 0 Å². The molecular weight excluding hydrogens is 516 g/mol. The first-order valence-electron chi connectivity index (χ1n) is 11.9. The van der Waals surface area contributed by atoms with Gasteiger partial charge in [0.2, 0.25) is 5.91 Å². The number of nitrogens with one attached hydrogen (secondary N) is 2. The average molecular weight is 539 g/mol. The number of carboxylic acids is 1. The second kappa shape index (κ2) is 10.3. The van der Waals surface area contributed by atoms with Crippen molar-refractivity contribution in [2.75, 3.05) is 10.2 Å². The van der Waals surface area contributed by atoms with Gasteiger partial charge < -0.3 is 15.0 Å². The summed E-state index contributed by atoms with van der Waals surface area (Å²) < 4.78 is 1.75. The fourth-order valence-corrected chi connectivity index (χ4v) is 4.59. The Morgan fingerprint density at radius 2 is 1.69 bits per heavy atom. The number of carbonyl (C=O) groups excluding carboxylic acids is 3. The third-order valence-electron chi connectivity index (χ3n) is 6.24. The van der Waals surface area contributed by atoms with E-state index in [0.29, 0.717) is 16.9 Å². The molecule has 3 amide bonds. The smallest absolute Gasteiger partial charge is 0.335 e. The molecule has 1 aliphatic heterocycles. The number of nitrogens with zero attached hydrogens (tertiary/aromatic N) is 2. The van der Waals surface area contributed by atoms with E-state index in [1.165, 1.54) is 30.3 Å². The Balaban J connectivity index is 1.46. The van der Waals surface area contributed by atoms with E-state index in [9.17, 15) is 19.2 Å².